The number of carbonyl (C=O) groups is 2. The lowest BCUT2D eigenvalue weighted by molar-refractivity contribution is -0.141. The van der Waals surface area contributed by atoms with Gasteiger partial charge in [-0.1, -0.05) is 11.6 Å². The van der Waals surface area contributed by atoms with Crippen LogP contribution < -0.4 is 4.74 Å². The van der Waals surface area contributed by atoms with Gasteiger partial charge in [0.1, 0.15) is 5.75 Å². The number of benzene rings is 1. The minimum atomic E-state index is -0.0692. The van der Waals surface area contributed by atoms with Gasteiger partial charge in [-0.15, -0.1) is 0 Å². The Kier molecular flexibility index (Phi) is 6.71. The second-order valence-corrected chi connectivity index (χ2v) is 6.83. The highest BCUT2D eigenvalue weighted by molar-refractivity contribution is 6.30. The predicted molar refractivity (Wildman–Crippen MR) is 97.4 cm³/mol. The molecular weight excluding hydrogens is 358 g/mol. The van der Waals surface area contributed by atoms with Crippen LogP contribution >= 0.6 is 11.6 Å². The number of hydrogen-bond acceptors (Lipinski definition) is 5. The molecule has 0 aromatic heterocycles. The van der Waals surface area contributed by atoms with Gasteiger partial charge in [0.05, 0.1) is 19.8 Å². The monoisotopic (exact) mass is 381 g/mol. The standard InChI is InChI=1S/C18H24ClN3O4/c19-15-1-3-16(4-2-15)26-14-18(24)22-7-5-21(6-8-22)17(23)13-20-9-11-25-12-10-20/h1-4H,5-14H2. The summed E-state index contributed by atoms with van der Waals surface area (Å²) in [5, 5.41) is 0.626. The first-order valence-corrected chi connectivity index (χ1v) is 9.23. The number of hydrogen-bond donors (Lipinski definition) is 0. The molecule has 3 rings (SSSR count). The summed E-state index contributed by atoms with van der Waals surface area (Å²) in [4.78, 5) is 30.4. The van der Waals surface area contributed by atoms with Gasteiger partial charge in [-0.25, -0.2) is 0 Å². The topological polar surface area (TPSA) is 62.3 Å². The second kappa shape index (κ2) is 9.21. The van der Waals surface area contributed by atoms with Crippen LogP contribution in [0, 0.1) is 0 Å². The van der Waals surface area contributed by atoms with Crippen molar-refractivity contribution >= 4 is 23.4 Å². The third kappa shape index (κ3) is 5.33. The summed E-state index contributed by atoms with van der Waals surface area (Å²) in [5.74, 6) is 0.665. The zero-order chi connectivity index (χ0) is 18.4. The molecule has 2 saturated heterocycles. The number of rotatable bonds is 5. The Balaban J connectivity index is 1.39. The van der Waals surface area contributed by atoms with E-state index in [9.17, 15) is 9.59 Å². The normalized spacial score (nSPS) is 18.7. The van der Waals surface area contributed by atoms with E-state index in [-0.39, 0.29) is 18.4 Å². The molecule has 2 amide bonds. The summed E-state index contributed by atoms with van der Waals surface area (Å²) in [6.07, 6.45) is 0. The summed E-state index contributed by atoms with van der Waals surface area (Å²) in [7, 11) is 0. The first-order chi connectivity index (χ1) is 12.6. The number of nitrogens with zero attached hydrogens (tertiary/aromatic N) is 3. The van der Waals surface area contributed by atoms with Crippen molar-refractivity contribution < 1.29 is 19.1 Å². The highest BCUT2D eigenvalue weighted by Gasteiger charge is 2.25. The van der Waals surface area contributed by atoms with Crippen molar-refractivity contribution in [2.75, 3.05) is 65.6 Å². The first kappa shape index (κ1) is 18.9. The van der Waals surface area contributed by atoms with E-state index in [2.05, 4.69) is 4.90 Å². The Morgan fingerprint density at radius 3 is 2.12 bits per heavy atom. The maximum absolute atomic E-state index is 12.4. The Labute approximate surface area is 158 Å². The van der Waals surface area contributed by atoms with Crippen LogP contribution in [0.4, 0.5) is 0 Å². The number of morpholine rings is 1. The maximum Gasteiger partial charge on any atom is 0.260 e. The third-order valence-electron chi connectivity index (χ3n) is 4.62. The van der Waals surface area contributed by atoms with Crippen LogP contribution in [0.25, 0.3) is 0 Å². The van der Waals surface area contributed by atoms with Crippen LogP contribution in [-0.4, -0.2) is 92.1 Å². The Morgan fingerprint density at radius 2 is 1.50 bits per heavy atom. The summed E-state index contributed by atoms with van der Waals surface area (Å²) in [6.45, 7) is 5.59. The first-order valence-electron chi connectivity index (χ1n) is 8.86. The fourth-order valence-corrected chi connectivity index (χ4v) is 3.15. The Bertz CT molecular complexity index is 611. The predicted octanol–water partition coefficient (Wildman–Crippen LogP) is 0.722. The van der Waals surface area contributed by atoms with Crippen molar-refractivity contribution in [2.45, 2.75) is 0 Å². The lowest BCUT2D eigenvalue weighted by atomic mass is 10.3. The number of carbonyl (C=O) groups excluding carboxylic acids is 2. The molecule has 0 spiro atoms. The van der Waals surface area contributed by atoms with E-state index in [1.165, 1.54) is 0 Å². The molecule has 1 aromatic rings. The molecule has 8 heteroatoms. The van der Waals surface area contributed by atoms with Crippen molar-refractivity contribution in [3.8, 4) is 5.75 Å². The summed E-state index contributed by atoms with van der Waals surface area (Å²) in [5.41, 5.74) is 0. The van der Waals surface area contributed by atoms with Gasteiger partial charge in [0.2, 0.25) is 5.91 Å². The van der Waals surface area contributed by atoms with Gasteiger partial charge in [0.15, 0.2) is 6.61 Å². The van der Waals surface area contributed by atoms with E-state index in [0.29, 0.717) is 56.7 Å². The zero-order valence-corrected chi connectivity index (χ0v) is 15.5. The van der Waals surface area contributed by atoms with E-state index in [1.807, 2.05) is 4.90 Å². The zero-order valence-electron chi connectivity index (χ0n) is 14.7. The summed E-state index contributed by atoms with van der Waals surface area (Å²) in [6, 6.07) is 6.91. The van der Waals surface area contributed by atoms with Gasteiger partial charge < -0.3 is 19.3 Å². The third-order valence-corrected chi connectivity index (χ3v) is 4.88. The Morgan fingerprint density at radius 1 is 0.923 bits per heavy atom. The molecule has 2 aliphatic rings. The average Bonchev–Trinajstić information content (AvgIpc) is 2.68. The van der Waals surface area contributed by atoms with Crippen molar-refractivity contribution in [3.63, 3.8) is 0 Å². The molecule has 0 unspecified atom stereocenters. The second-order valence-electron chi connectivity index (χ2n) is 6.39. The van der Waals surface area contributed by atoms with Crippen molar-refractivity contribution in [1.82, 2.24) is 14.7 Å². The number of piperazine rings is 1. The van der Waals surface area contributed by atoms with Crippen LogP contribution in [0.15, 0.2) is 24.3 Å². The van der Waals surface area contributed by atoms with Crippen LogP contribution in [0.2, 0.25) is 5.02 Å². The molecule has 2 heterocycles. The van der Waals surface area contributed by atoms with Gasteiger partial charge >= 0.3 is 0 Å². The molecular formula is C18H24ClN3O4. The molecule has 142 valence electrons. The van der Waals surface area contributed by atoms with E-state index in [4.69, 9.17) is 21.1 Å². The quantitative estimate of drug-likeness (QED) is 0.752. The van der Waals surface area contributed by atoms with E-state index in [0.717, 1.165) is 13.1 Å². The molecule has 2 fully saturated rings. The minimum Gasteiger partial charge on any atom is -0.484 e. The van der Waals surface area contributed by atoms with Crippen LogP contribution in [-0.2, 0) is 14.3 Å². The van der Waals surface area contributed by atoms with Gasteiger partial charge in [0, 0.05) is 44.3 Å². The summed E-state index contributed by atoms with van der Waals surface area (Å²) >= 11 is 5.82. The minimum absolute atomic E-state index is 0.0106. The fraction of sp³-hybridized carbons (Fsp3) is 0.556. The molecule has 0 radical (unpaired) electrons. The lowest BCUT2D eigenvalue weighted by Gasteiger charge is -2.36. The average molecular weight is 382 g/mol. The maximum atomic E-state index is 12.4. The van der Waals surface area contributed by atoms with Crippen molar-refractivity contribution in [2.24, 2.45) is 0 Å². The molecule has 1 aromatic carbocycles. The molecule has 2 aliphatic heterocycles. The lowest BCUT2D eigenvalue weighted by Crippen LogP contribution is -2.54. The number of ether oxygens (including phenoxy) is 2. The smallest absolute Gasteiger partial charge is 0.260 e. The van der Waals surface area contributed by atoms with Gasteiger partial charge in [0.25, 0.3) is 5.91 Å². The highest BCUT2D eigenvalue weighted by atomic mass is 35.5. The van der Waals surface area contributed by atoms with Crippen molar-refractivity contribution in [3.05, 3.63) is 29.3 Å². The molecule has 7 nitrogen and oxygen atoms in total. The fourth-order valence-electron chi connectivity index (χ4n) is 3.02. The molecule has 0 aliphatic carbocycles. The van der Waals surface area contributed by atoms with E-state index in [1.54, 1.807) is 29.2 Å². The molecule has 0 N–H and O–H groups in total. The van der Waals surface area contributed by atoms with Gasteiger partial charge in [-0.3, -0.25) is 14.5 Å². The SMILES string of the molecule is O=C(COc1ccc(Cl)cc1)N1CCN(C(=O)CN2CCOCC2)CC1. The number of halogens is 1. The molecule has 0 bridgehead atoms. The van der Waals surface area contributed by atoms with Gasteiger partial charge in [-0.05, 0) is 24.3 Å². The van der Waals surface area contributed by atoms with E-state index < -0.39 is 0 Å². The molecule has 0 saturated carbocycles. The molecule has 0 atom stereocenters. The van der Waals surface area contributed by atoms with Crippen LogP contribution in [0.1, 0.15) is 0 Å². The highest BCUT2D eigenvalue weighted by Crippen LogP contribution is 2.15. The van der Waals surface area contributed by atoms with Crippen LogP contribution in [0.3, 0.4) is 0 Å². The van der Waals surface area contributed by atoms with Crippen LogP contribution in [0.5, 0.6) is 5.75 Å². The largest absolute Gasteiger partial charge is 0.484 e. The summed E-state index contributed by atoms with van der Waals surface area (Å²) < 4.78 is 10.8. The van der Waals surface area contributed by atoms with Gasteiger partial charge in [-0.2, -0.15) is 0 Å². The number of amides is 2. The van der Waals surface area contributed by atoms with E-state index >= 15 is 0 Å². The van der Waals surface area contributed by atoms with Crippen molar-refractivity contribution in [1.29, 1.82) is 0 Å². The molecule has 26 heavy (non-hydrogen) atoms. The Hall–Kier alpha value is -1.83.